The Morgan fingerprint density at radius 1 is 0.619 bits per heavy atom. The topological polar surface area (TPSA) is 64.3 Å². The first kappa shape index (κ1) is 27.9. The number of hydrogen-bond acceptors (Lipinski definition) is 6. The summed E-state index contributed by atoms with van der Waals surface area (Å²) in [6, 6.07) is 28.5. The Balaban J connectivity index is 0.942. The van der Waals surface area contributed by atoms with E-state index in [0.29, 0.717) is 6.61 Å². The van der Waals surface area contributed by atoms with Crippen molar-refractivity contribution in [2.24, 2.45) is 0 Å². The van der Waals surface area contributed by atoms with Gasteiger partial charge in [0.15, 0.2) is 11.3 Å². The van der Waals surface area contributed by atoms with Gasteiger partial charge in [-0.2, -0.15) is 0 Å². The molecule has 0 atom stereocenters. The summed E-state index contributed by atoms with van der Waals surface area (Å²) in [5, 5.41) is 2.03. The maximum absolute atomic E-state index is 6.38. The summed E-state index contributed by atoms with van der Waals surface area (Å²) in [5.74, 6) is 0.813. The van der Waals surface area contributed by atoms with E-state index in [1.807, 2.05) is 60.9 Å². The van der Waals surface area contributed by atoms with Gasteiger partial charge in [0.05, 0.1) is 23.5 Å². The lowest BCUT2D eigenvalue weighted by atomic mass is 10.1. The van der Waals surface area contributed by atoms with Crippen molar-refractivity contribution in [1.29, 1.82) is 0 Å². The molecular formula is C36H38N4O2. The van der Waals surface area contributed by atoms with Crippen molar-refractivity contribution in [1.82, 2.24) is 19.9 Å². The number of furan rings is 1. The van der Waals surface area contributed by atoms with Gasteiger partial charge < -0.3 is 9.15 Å². The lowest BCUT2D eigenvalue weighted by Crippen LogP contribution is -2.25. The fourth-order valence-electron chi connectivity index (χ4n) is 5.60. The number of ether oxygens (including phenoxy) is 1. The lowest BCUT2D eigenvalue weighted by Gasteiger charge is -2.21. The van der Waals surface area contributed by atoms with Crippen LogP contribution in [0.2, 0.25) is 0 Å². The van der Waals surface area contributed by atoms with Gasteiger partial charge in [0, 0.05) is 36.3 Å². The summed E-state index contributed by atoms with van der Waals surface area (Å²) in [4.78, 5) is 16.4. The Hall–Kier alpha value is -4.29. The van der Waals surface area contributed by atoms with E-state index in [0.717, 1.165) is 82.6 Å². The second-order valence-electron chi connectivity index (χ2n) is 10.9. The molecule has 0 aliphatic heterocycles. The molecule has 4 heterocycles. The molecule has 4 aromatic heterocycles. The summed E-state index contributed by atoms with van der Waals surface area (Å²) in [5.41, 5.74) is 5.61. The van der Waals surface area contributed by atoms with Crippen LogP contribution in [0.5, 0.6) is 5.75 Å². The number of rotatable bonds is 15. The third-order valence-electron chi connectivity index (χ3n) is 7.75. The van der Waals surface area contributed by atoms with Crippen molar-refractivity contribution >= 4 is 33.0 Å². The molecule has 6 heteroatoms. The smallest absolute Gasteiger partial charge is 0.196 e. The Kier molecular flexibility index (Phi) is 9.32. The molecule has 0 aliphatic rings. The zero-order valence-corrected chi connectivity index (χ0v) is 24.1. The van der Waals surface area contributed by atoms with Gasteiger partial charge in [0.25, 0.3) is 0 Å². The second-order valence-corrected chi connectivity index (χ2v) is 10.9. The van der Waals surface area contributed by atoms with Gasteiger partial charge >= 0.3 is 0 Å². The van der Waals surface area contributed by atoms with Crippen LogP contribution < -0.4 is 4.74 Å². The normalized spacial score (nSPS) is 11.6. The van der Waals surface area contributed by atoms with Gasteiger partial charge in [-0.1, -0.05) is 68.5 Å². The van der Waals surface area contributed by atoms with Crippen molar-refractivity contribution in [2.75, 3.05) is 13.2 Å². The van der Waals surface area contributed by atoms with Crippen LogP contribution in [-0.2, 0) is 13.1 Å². The van der Waals surface area contributed by atoms with E-state index in [4.69, 9.17) is 14.1 Å². The number of unbranched alkanes of at least 4 members (excludes halogenated alkanes) is 6. The number of benzene rings is 2. The monoisotopic (exact) mass is 558 g/mol. The molecule has 0 fully saturated rings. The lowest BCUT2D eigenvalue weighted by molar-refractivity contribution is 0.244. The molecule has 0 spiro atoms. The van der Waals surface area contributed by atoms with E-state index in [1.165, 1.54) is 32.1 Å². The average molecular weight is 559 g/mol. The van der Waals surface area contributed by atoms with E-state index in [1.54, 1.807) is 0 Å². The zero-order valence-electron chi connectivity index (χ0n) is 24.1. The minimum absolute atomic E-state index is 0.677. The van der Waals surface area contributed by atoms with Crippen LogP contribution >= 0.6 is 0 Å². The van der Waals surface area contributed by atoms with Crippen LogP contribution in [0.25, 0.3) is 33.0 Å². The molecule has 0 radical (unpaired) electrons. The highest BCUT2D eigenvalue weighted by Crippen LogP contribution is 2.38. The van der Waals surface area contributed by atoms with Crippen LogP contribution in [0.4, 0.5) is 0 Å². The molecule has 0 saturated carbocycles. The third-order valence-corrected chi connectivity index (χ3v) is 7.75. The van der Waals surface area contributed by atoms with Crippen molar-refractivity contribution in [2.45, 2.75) is 58.0 Å². The number of fused-ring (bicyclic) bond motifs is 4. The van der Waals surface area contributed by atoms with Crippen LogP contribution in [0.15, 0.2) is 102 Å². The van der Waals surface area contributed by atoms with Gasteiger partial charge in [-0.15, -0.1) is 0 Å². The maximum Gasteiger partial charge on any atom is 0.196 e. The van der Waals surface area contributed by atoms with E-state index in [-0.39, 0.29) is 0 Å². The molecule has 2 aromatic carbocycles. The van der Waals surface area contributed by atoms with Crippen LogP contribution in [0, 0.1) is 0 Å². The minimum atomic E-state index is 0.677. The van der Waals surface area contributed by atoms with E-state index in [9.17, 15) is 0 Å². The molecule has 6 nitrogen and oxygen atoms in total. The predicted molar refractivity (Wildman–Crippen MR) is 169 cm³/mol. The molecule has 214 valence electrons. The summed E-state index contributed by atoms with van der Waals surface area (Å²) in [6.07, 6.45) is 12.1. The van der Waals surface area contributed by atoms with Crippen molar-refractivity contribution in [3.8, 4) is 5.75 Å². The molecular weight excluding hydrogens is 520 g/mol. The Morgan fingerprint density at radius 2 is 1.24 bits per heavy atom. The molecule has 42 heavy (non-hydrogen) atoms. The standard InChI is InChI=1S/C36H38N4O2/c1(2-4-14-24-40(26-28-16-10-12-22-37-28)27-29-17-11-13-23-38-29)3-5-15-25-41-35-30-18-6-8-20-32(30)39-34-31-19-7-9-21-33(31)42-36(34)35/h6-13,16-23H,1-5,14-15,24-27H2. The quantitative estimate of drug-likeness (QED) is 0.117. The first-order valence-corrected chi connectivity index (χ1v) is 15.2. The number of hydrogen-bond donors (Lipinski definition) is 0. The first-order chi connectivity index (χ1) is 20.8. The third kappa shape index (κ3) is 6.94. The Morgan fingerprint density at radius 3 is 1.95 bits per heavy atom. The Labute approximate surface area is 247 Å². The Bertz CT molecular complexity index is 1660. The largest absolute Gasteiger partial charge is 0.489 e. The molecule has 0 amide bonds. The van der Waals surface area contributed by atoms with Gasteiger partial charge in [0.1, 0.15) is 11.1 Å². The molecule has 0 bridgehead atoms. The average Bonchev–Trinajstić information content (AvgIpc) is 3.40. The van der Waals surface area contributed by atoms with Gasteiger partial charge in [-0.3, -0.25) is 14.9 Å². The molecule has 0 aliphatic carbocycles. The fraction of sp³-hybridized carbons (Fsp3) is 0.306. The van der Waals surface area contributed by atoms with Crippen LogP contribution in [0.3, 0.4) is 0 Å². The molecule has 0 unspecified atom stereocenters. The fourth-order valence-corrected chi connectivity index (χ4v) is 5.60. The zero-order chi connectivity index (χ0) is 28.4. The summed E-state index contributed by atoms with van der Waals surface area (Å²) in [7, 11) is 0. The molecule has 6 rings (SSSR count). The maximum atomic E-state index is 6.38. The predicted octanol–water partition coefficient (Wildman–Crippen LogP) is 8.74. The van der Waals surface area contributed by atoms with Crippen molar-refractivity contribution < 1.29 is 9.15 Å². The van der Waals surface area contributed by atoms with Crippen molar-refractivity contribution in [3.63, 3.8) is 0 Å². The number of pyridine rings is 3. The summed E-state index contributed by atoms with van der Waals surface area (Å²) < 4.78 is 12.6. The van der Waals surface area contributed by atoms with Crippen molar-refractivity contribution in [3.05, 3.63) is 109 Å². The highest BCUT2D eigenvalue weighted by atomic mass is 16.5. The van der Waals surface area contributed by atoms with E-state index in [2.05, 4.69) is 51.3 Å². The molecule has 0 N–H and O–H groups in total. The molecule has 6 aromatic rings. The van der Waals surface area contributed by atoms with Gasteiger partial charge in [-0.05, 0) is 67.9 Å². The second kappa shape index (κ2) is 14.1. The molecule has 0 saturated heterocycles. The highest BCUT2D eigenvalue weighted by molar-refractivity contribution is 6.09. The SMILES string of the molecule is c1ccc(CN(CCCCCCCCCOc2c3ccccc3nc3c2oc2ccccc23)Cc2ccccn2)nc1. The van der Waals surface area contributed by atoms with E-state index >= 15 is 0 Å². The summed E-state index contributed by atoms with van der Waals surface area (Å²) in [6.45, 7) is 3.43. The minimum Gasteiger partial charge on any atom is -0.489 e. The number of para-hydroxylation sites is 2. The number of aromatic nitrogens is 3. The number of nitrogens with zero attached hydrogens (tertiary/aromatic N) is 4. The summed E-state index contributed by atoms with van der Waals surface area (Å²) >= 11 is 0. The van der Waals surface area contributed by atoms with Crippen LogP contribution in [-0.4, -0.2) is 33.0 Å². The van der Waals surface area contributed by atoms with Crippen LogP contribution in [0.1, 0.15) is 56.3 Å². The van der Waals surface area contributed by atoms with E-state index < -0.39 is 0 Å². The first-order valence-electron chi connectivity index (χ1n) is 15.2. The highest BCUT2D eigenvalue weighted by Gasteiger charge is 2.17. The van der Waals surface area contributed by atoms with Gasteiger partial charge in [0.2, 0.25) is 0 Å². The van der Waals surface area contributed by atoms with Gasteiger partial charge in [-0.25, -0.2) is 4.98 Å².